The lowest BCUT2D eigenvalue weighted by Crippen LogP contribution is -2.04. The van der Waals surface area contributed by atoms with Crippen molar-refractivity contribution >= 4 is 92.9 Å². The first-order chi connectivity index (χ1) is 44.6. The molecule has 0 bridgehead atoms. The summed E-state index contributed by atoms with van der Waals surface area (Å²) < 4.78 is 9.75. The van der Waals surface area contributed by atoms with Crippen molar-refractivity contribution in [3.63, 3.8) is 0 Å². The summed E-state index contributed by atoms with van der Waals surface area (Å²) in [4.78, 5) is 20.1. The Morgan fingerprint density at radius 2 is 0.633 bits per heavy atom. The average Bonchev–Trinajstić information content (AvgIpc) is 1.56. The van der Waals surface area contributed by atoms with E-state index in [0.29, 0.717) is 23.2 Å². The smallest absolute Gasteiger partial charge is 0.187 e. The van der Waals surface area contributed by atoms with Gasteiger partial charge in [0.15, 0.2) is 23.2 Å². The monoisotopic (exact) mass is 1150 g/mol. The number of fused-ring (bicyclic) bond motifs is 14. The van der Waals surface area contributed by atoms with Gasteiger partial charge in [-0.3, -0.25) is 0 Å². The third-order valence-electron chi connectivity index (χ3n) is 18.0. The highest BCUT2D eigenvalue weighted by atomic mass is 15.1. The lowest BCUT2D eigenvalue weighted by atomic mass is 9.95. The van der Waals surface area contributed by atoms with E-state index in [2.05, 4.69) is 278 Å². The molecule has 0 saturated carbocycles. The fourth-order valence-corrected chi connectivity index (χ4v) is 14.1. The second kappa shape index (κ2) is 20.3. The molecule has 0 radical (unpaired) electrons. The zero-order chi connectivity index (χ0) is 59.4. The lowest BCUT2D eigenvalue weighted by molar-refractivity contribution is 1.06. The Kier molecular flexibility index (Phi) is 11.5. The molecule has 5 aromatic heterocycles. The highest BCUT2D eigenvalue weighted by Crippen LogP contribution is 2.47. The first-order valence-corrected chi connectivity index (χ1v) is 30.3. The Balaban J connectivity index is 0.960. The molecule has 0 aliphatic heterocycles. The third-order valence-corrected chi connectivity index (χ3v) is 18.0. The van der Waals surface area contributed by atoms with E-state index >= 15 is 0 Å². The van der Waals surface area contributed by atoms with Gasteiger partial charge in [0.2, 0.25) is 0 Å². The van der Waals surface area contributed by atoms with E-state index in [-0.39, 0.29) is 0 Å². The summed E-state index contributed by atoms with van der Waals surface area (Å²) in [5, 5.41) is 9.37. The molecule has 90 heavy (non-hydrogen) atoms. The Morgan fingerprint density at radius 3 is 1.11 bits per heavy atom. The molecule has 0 aliphatic rings. The van der Waals surface area contributed by atoms with Gasteiger partial charge in [0.25, 0.3) is 0 Å². The number of rotatable bonds is 9. The molecule has 0 aliphatic carbocycles. The lowest BCUT2D eigenvalue weighted by Gasteiger charge is -2.19. The van der Waals surface area contributed by atoms with E-state index in [1.165, 1.54) is 26.9 Å². The molecular formula is C82H50N8. The number of nitrogens with zero attached hydrogens (tertiary/aromatic N) is 8. The number of hydrogen-bond acceptors (Lipinski definition) is 3. The predicted octanol–water partition coefficient (Wildman–Crippen LogP) is 21.1. The molecule has 18 aromatic rings. The summed E-state index contributed by atoms with van der Waals surface area (Å²) in [6.07, 6.45) is 0. The molecule has 0 saturated heterocycles. The maximum Gasteiger partial charge on any atom is 0.187 e. The van der Waals surface area contributed by atoms with E-state index in [4.69, 9.17) is 21.5 Å². The van der Waals surface area contributed by atoms with Crippen LogP contribution in [0, 0.1) is 6.57 Å². The van der Waals surface area contributed by atoms with Crippen LogP contribution in [0.4, 0.5) is 5.69 Å². The van der Waals surface area contributed by atoms with Crippen LogP contribution >= 0.6 is 0 Å². The van der Waals surface area contributed by atoms with Crippen molar-refractivity contribution in [2.75, 3.05) is 0 Å². The van der Waals surface area contributed by atoms with Crippen molar-refractivity contribution in [3.8, 4) is 79.2 Å². The number of benzene rings is 13. The molecule has 8 nitrogen and oxygen atoms in total. The van der Waals surface area contributed by atoms with E-state index in [9.17, 15) is 0 Å². The molecule has 0 spiro atoms. The van der Waals surface area contributed by atoms with Crippen LogP contribution in [0.3, 0.4) is 0 Å². The molecule has 5 heterocycles. The van der Waals surface area contributed by atoms with Gasteiger partial charge in [0.05, 0.1) is 62.1 Å². The minimum Gasteiger partial charge on any atom is -0.309 e. The average molecular weight is 1150 g/mol. The normalized spacial score (nSPS) is 11.8. The van der Waals surface area contributed by atoms with Crippen molar-refractivity contribution in [2.45, 2.75) is 0 Å². The molecule has 0 amide bonds. The molecule has 8 heteroatoms. The molecular weight excluding hydrogens is 1100 g/mol. The molecule has 13 aromatic carbocycles. The van der Waals surface area contributed by atoms with Crippen molar-refractivity contribution in [3.05, 3.63) is 315 Å². The Morgan fingerprint density at radius 1 is 0.256 bits per heavy atom. The second-order valence-electron chi connectivity index (χ2n) is 23.0. The van der Waals surface area contributed by atoms with Gasteiger partial charge < -0.3 is 18.3 Å². The largest absolute Gasteiger partial charge is 0.309 e. The summed E-state index contributed by atoms with van der Waals surface area (Å²) in [6.45, 7) is 7.83. The molecule has 18 rings (SSSR count). The Hall–Kier alpha value is -12.4. The van der Waals surface area contributed by atoms with E-state index < -0.39 is 0 Å². The maximum atomic E-state index is 7.83. The van der Waals surface area contributed by atoms with Gasteiger partial charge in [0.1, 0.15) is 0 Å². The Bertz CT molecular complexity index is 5890. The summed E-state index contributed by atoms with van der Waals surface area (Å²) in [5.74, 6) is 1.68. The van der Waals surface area contributed by atoms with Crippen LogP contribution in [0.25, 0.3) is 171 Å². The minimum atomic E-state index is 0.533. The van der Waals surface area contributed by atoms with Crippen molar-refractivity contribution in [2.24, 2.45) is 0 Å². The van der Waals surface area contributed by atoms with Crippen LogP contribution in [0.1, 0.15) is 0 Å². The van der Waals surface area contributed by atoms with E-state index in [1.54, 1.807) is 0 Å². The van der Waals surface area contributed by atoms with Gasteiger partial charge in [-0.05, 0) is 102 Å². The number of hydrogen-bond donors (Lipinski definition) is 0. The molecule has 418 valence electrons. The zero-order valence-electron chi connectivity index (χ0n) is 48.4. The highest BCUT2D eigenvalue weighted by Gasteiger charge is 2.27. The predicted molar refractivity (Wildman–Crippen MR) is 371 cm³/mol. The first kappa shape index (κ1) is 50.8. The zero-order valence-corrected chi connectivity index (χ0v) is 48.4. The fourth-order valence-electron chi connectivity index (χ4n) is 14.1. The van der Waals surface area contributed by atoms with Crippen LogP contribution in [-0.4, -0.2) is 33.2 Å². The van der Waals surface area contributed by atoms with Crippen molar-refractivity contribution < 1.29 is 0 Å². The molecule has 0 atom stereocenters. The summed E-state index contributed by atoms with van der Waals surface area (Å²) in [7, 11) is 0. The SMILES string of the molecule is [C-]#[N+]c1ccc(-c2ccc(-n3c4ccccc4c4c3ccc3c5ccccc5n(-c5ccccc5)c34)c(-c3ccc(-n4c5ccccc5c5c4ccc4c6ccccc6n(-c6ccccc6)c45)c(-c4nc(-c5ccccc5)nc(-c5ccccc5)n4)c3)c2)cc1. The first-order valence-electron chi connectivity index (χ1n) is 30.3. The van der Waals surface area contributed by atoms with Crippen molar-refractivity contribution in [1.29, 1.82) is 0 Å². The van der Waals surface area contributed by atoms with Gasteiger partial charge in [-0.2, -0.15) is 0 Å². The molecule has 0 N–H and O–H groups in total. The van der Waals surface area contributed by atoms with Crippen LogP contribution < -0.4 is 0 Å². The quantitative estimate of drug-likeness (QED) is 0.135. The fraction of sp³-hybridized carbons (Fsp3) is 0. The molecule has 0 unspecified atom stereocenters. The molecule has 0 fully saturated rings. The van der Waals surface area contributed by atoms with E-state index in [1.807, 2.05) is 48.5 Å². The Labute approximate surface area is 517 Å². The summed E-state index contributed by atoms with van der Waals surface area (Å²) >= 11 is 0. The number of aromatic nitrogens is 7. The van der Waals surface area contributed by atoms with Gasteiger partial charge in [-0.1, -0.05) is 218 Å². The maximum absolute atomic E-state index is 7.83. The second-order valence-corrected chi connectivity index (χ2v) is 23.0. The van der Waals surface area contributed by atoms with Crippen molar-refractivity contribution in [1.82, 2.24) is 33.2 Å². The van der Waals surface area contributed by atoms with Gasteiger partial charge in [-0.15, -0.1) is 0 Å². The van der Waals surface area contributed by atoms with Crippen LogP contribution in [0.2, 0.25) is 0 Å². The van der Waals surface area contributed by atoms with Gasteiger partial charge in [0, 0.05) is 76.7 Å². The topological polar surface area (TPSA) is 62.8 Å². The highest BCUT2D eigenvalue weighted by molar-refractivity contribution is 6.28. The number of para-hydroxylation sites is 6. The summed E-state index contributed by atoms with van der Waals surface area (Å²) in [6, 6.07) is 108. The van der Waals surface area contributed by atoms with Gasteiger partial charge in [-0.25, -0.2) is 19.8 Å². The van der Waals surface area contributed by atoms with Crippen LogP contribution in [-0.2, 0) is 0 Å². The standard InChI is InChI=1S/C82H50N8/c1-83-57-42-38-52(39-43-57)55-40-46-72(89-70-36-20-16-32-64(70)76-74(89)48-44-62-60-30-14-18-34-68(60)87(78(62)76)58-26-10-4-11-27-58)66(50-55)56-41-47-73(67(51-56)82-85-80(53-22-6-2-7-23-53)84-81(86-82)54-24-8-3-9-25-54)90-71-37-21-17-33-65(71)77-75(90)49-45-63-61-31-15-19-35-69(61)88(79(63)77)59-28-12-5-13-29-59/h2-51H. The summed E-state index contributed by atoms with van der Waals surface area (Å²) in [5.41, 5.74) is 20.1. The minimum absolute atomic E-state index is 0.533. The van der Waals surface area contributed by atoms with Gasteiger partial charge >= 0.3 is 0 Å². The van der Waals surface area contributed by atoms with Crippen LogP contribution in [0.5, 0.6) is 0 Å². The van der Waals surface area contributed by atoms with E-state index in [0.717, 1.165) is 122 Å². The third kappa shape index (κ3) is 7.83. The van der Waals surface area contributed by atoms with Crippen LogP contribution in [0.15, 0.2) is 303 Å².